The van der Waals surface area contributed by atoms with Crippen molar-refractivity contribution < 1.29 is 27.5 Å². The first-order chi connectivity index (χ1) is 15.8. The number of benzene rings is 2. The van der Waals surface area contributed by atoms with Gasteiger partial charge in [-0.1, -0.05) is 12.1 Å². The summed E-state index contributed by atoms with van der Waals surface area (Å²) in [5, 5.41) is 2.86. The van der Waals surface area contributed by atoms with Crippen molar-refractivity contribution in [2.24, 2.45) is 5.92 Å². The van der Waals surface area contributed by atoms with Crippen LogP contribution in [-0.4, -0.2) is 42.6 Å². The van der Waals surface area contributed by atoms with Gasteiger partial charge < -0.3 is 24.1 Å². The number of alkyl halides is 2. The number of hydrogen-bond acceptors (Lipinski definition) is 6. The van der Waals surface area contributed by atoms with Crippen molar-refractivity contribution in [2.45, 2.75) is 38.3 Å². The molecule has 2 fully saturated rings. The SMILES string of the molecule is CC(=O)NC(C)c1ccc2nc(N3CC(Oc4cccc(OC[C@H]5CC5(F)F)c4)C3)oc2c1. The Balaban J connectivity index is 1.16. The summed E-state index contributed by atoms with van der Waals surface area (Å²) in [6.07, 6.45) is -0.148. The fourth-order valence-corrected chi connectivity index (χ4v) is 3.87. The average Bonchev–Trinajstić information content (AvgIpc) is 3.15. The predicted molar refractivity (Wildman–Crippen MR) is 118 cm³/mol. The van der Waals surface area contributed by atoms with Gasteiger partial charge in [0.2, 0.25) is 5.91 Å². The van der Waals surface area contributed by atoms with E-state index in [1.165, 1.54) is 6.92 Å². The summed E-state index contributed by atoms with van der Waals surface area (Å²) < 4.78 is 43.4. The number of carbonyl (C=O) groups is 1. The van der Waals surface area contributed by atoms with Crippen molar-refractivity contribution in [3.63, 3.8) is 0 Å². The van der Waals surface area contributed by atoms with E-state index in [4.69, 9.17) is 13.9 Å². The van der Waals surface area contributed by atoms with E-state index < -0.39 is 11.8 Å². The van der Waals surface area contributed by atoms with Crippen LogP contribution in [0.3, 0.4) is 0 Å². The number of anilines is 1. The summed E-state index contributed by atoms with van der Waals surface area (Å²) in [7, 11) is 0. The number of fused-ring (bicyclic) bond motifs is 1. The molecule has 2 aromatic carbocycles. The molecule has 174 valence electrons. The Hall–Kier alpha value is -3.36. The van der Waals surface area contributed by atoms with Gasteiger partial charge >= 0.3 is 0 Å². The molecule has 0 spiro atoms. The first-order valence-corrected chi connectivity index (χ1v) is 11.0. The fraction of sp³-hybridized carbons (Fsp3) is 0.417. The van der Waals surface area contributed by atoms with Crippen LogP contribution in [0.5, 0.6) is 11.5 Å². The minimum Gasteiger partial charge on any atom is -0.493 e. The summed E-state index contributed by atoms with van der Waals surface area (Å²) in [5.74, 6) is -2.21. The molecule has 9 heteroatoms. The number of oxazole rings is 1. The monoisotopic (exact) mass is 457 g/mol. The number of nitrogens with zero attached hydrogens (tertiary/aromatic N) is 2. The summed E-state index contributed by atoms with van der Waals surface area (Å²) in [6.45, 7) is 4.64. The Morgan fingerprint density at radius 1 is 1.27 bits per heavy atom. The number of rotatable bonds is 8. The molecule has 2 aliphatic rings. The van der Waals surface area contributed by atoms with E-state index in [1.807, 2.05) is 36.1 Å². The molecule has 1 saturated carbocycles. The molecule has 1 saturated heterocycles. The van der Waals surface area contributed by atoms with Crippen LogP contribution in [0.1, 0.15) is 31.9 Å². The fourth-order valence-electron chi connectivity index (χ4n) is 3.87. The summed E-state index contributed by atoms with van der Waals surface area (Å²) >= 11 is 0. The van der Waals surface area contributed by atoms with Gasteiger partial charge in [-0.05, 0) is 36.8 Å². The van der Waals surface area contributed by atoms with Gasteiger partial charge in [0.25, 0.3) is 11.9 Å². The second kappa shape index (κ2) is 8.20. The number of amides is 1. The maximum atomic E-state index is 13.0. The molecule has 3 aromatic rings. The number of halogens is 2. The van der Waals surface area contributed by atoms with E-state index in [0.29, 0.717) is 36.2 Å². The topological polar surface area (TPSA) is 76.8 Å². The normalized spacial score (nSPS) is 20.2. The van der Waals surface area contributed by atoms with Gasteiger partial charge in [0, 0.05) is 19.4 Å². The first kappa shape index (κ1) is 21.5. The third-order valence-corrected chi connectivity index (χ3v) is 5.95. The van der Waals surface area contributed by atoms with Crippen molar-refractivity contribution in [1.29, 1.82) is 0 Å². The lowest BCUT2D eigenvalue weighted by atomic mass is 10.1. The lowest BCUT2D eigenvalue weighted by Gasteiger charge is -2.37. The highest BCUT2D eigenvalue weighted by molar-refractivity contribution is 5.77. The van der Waals surface area contributed by atoms with Crippen molar-refractivity contribution in [1.82, 2.24) is 10.3 Å². The van der Waals surface area contributed by atoms with E-state index in [9.17, 15) is 13.6 Å². The molecule has 1 aliphatic carbocycles. The Labute approximate surface area is 189 Å². The van der Waals surface area contributed by atoms with Crippen LogP contribution < -0.4 is 19.7 Å². The van der Waals surface area contributed by atoms with Gasteiger partial charge in [0.1, 0.15) is 23.1 Å². The molecule has 33 heavy (non-hydrogen) atoms. The van der Waals surface area contributed by atoms with Crippen LogP contribution in [-0.2, 0) is 4.79 Å². The zero-order chi connectivity index (χ0) is 23.2. The molecule has 0 bridgehead atoms. The van der Waals surface area contributed by atoms with Crippen molar-refractivity contribution in [3.05, 3.63) is 48.0 Å². The molecule has 1 amide bonds. The lowest BCUT2D eigenvalue weighted by Crippen LogP contribution is -2.54. The molecule has 1 N–H and O–H groups in total. The number of aromatic nitrogens is 1. The maximum Gasteiger partial charge on any atom is 0.298 e. The molecule has 1 unspecified atom stereocenters. The third-order valence-electron chi connectivity index (χ3n) is 5.95. The first-order valence-electron chi connectivity index (χ1n) is 11.0. The highest BCUT2D eigenvalue weighted by Gasteiger charge is 2.57. The lowest BCUT2D eigenvalue weighted by molar-refractivity contribution is -0.119. The minimum atomic E-state index is -2.58. The zero-order valence-electron chi connectivity index (χ0n) is 18.4. The smallest absolute Gasteiger partial charge is 0.298 e. The van der Waals surface area contributed by atoms with Crippen LogP contribution in [0.25, 0.3) is 11.1 Å². The summed E-state index contributed by atoms with van der Waals surface area (Å²) in [5.41, 5.74) is 2.35. The zero-order valence-corrected chi connectivity index (χ0v) is 18.4. The van der Waals surface area contributed by atoms with E-state index >= 15 is 0 Å². The van der Waals surface area contributed by atoms with Gasteiger partial charge in [-0.3, -0.25) is 4.79 Å². The second-order valence-electron chi connectivity index (χ2n) is 8.74. The maximum absolute atomic E-state index is 13.0. The van der Waals surface area contributed by atoms with Crippen LogP contribution in [0.4, 0.5) is 14.8 Å². The second-order valence-corrected chi connectivity index (χ2v) is 8.74. The summed E-state index contributed by atoms with van der Waals surface area (Å²) in [4.78, 5) is 17.8. The van der Waals surface area contributed by atoms with Crippen LogP contribution >= 0.6 is 0 Å². The van der Waals surface area contributed by atoms with Crippen molar-refractivity contribution in [2.75, 3.05) is 24.6 Å². The largest absolute Gasteiger partial charge is 0.493 e. The minimum absolute atomic E-state index is 0.0106. The van der Waals surface area contributed by atoms with Crippen molar-refractivity contribution in [3.8, 4) is 11.5 Å². The van der Waals surface area contributed by atoms with E-state index in [2.05, 4.69) is 10.3 Å². The molecule has 1 aromatic heterocycles. The molecular formula is C24H25F2N3O4. The van der Waals surface area contributed by atoms with E-state index in [1.54, 1.807) is 18.2 Å². The van der Waals surface area contributed by atoms with Gasteiger partial charge in [-0.15, -0.1) is 0 Å². The Morgan fingerprint density at radius 2 is 2.03 bits per heavy atom. The molecule has 2 heterocycles. The van der Waals surface area contributed by atoms with E-state index in [0.717, 1.165) is 11.1 Å². The quantitative estimate of drug-likeness (QED) is 0.543. The predicted octanol–water partition coefficient (Wildman–Crippen LogP) is 4.33. The van der Waals surface area contributed by atoms with Crippen LogP contribution in [0, 0.1) is 5.92 Å². The van der Waals surface area contributed by atoms with E-state index in [-0.39, 0.29) is 31.1 Å². The number of hydrogen-bond donors (Lipinski definition) is 1. The highest BCUT2D eigenvalue weighted by atomic mass is 19.3. The number of nitrogens with one attached hydrogen (secondary N) is 1. The third kappa shape index (κ3) is 4.72. The molecule has 7 nitrogen and oxygen atoms in total. The number of carbonyl (C=O) groups excluding carboxylic acids is 1. The Bertz CT molecular complexity index is 1180. The van der Waals surface area contributed by atoms with Gasteiger partial charge in [-0.25, -0.2) is 8.78 Å². The highest BCUT2D eigenvalue weighted by Crippen LogP contribution is 2.48. The Kier molecular flexibility index (Phi) is 5.34. The average molecular weight is 457 g/mol. The van der Waals surface area contributed by atoms with Gasteiger partial charge in [-0.2, -0.15) is 4.98 Å². The van der Waals surface area contributed by atoms with Crippen LogP contribution in [0.15, 0.2) is 46.9 Å². The Morgan fingerprint density at radius 3 is 2.76 bits per heavy atom. The van der Waals surface area contributed by atoms with Crippen molar-refractivity contribution >= 4 is 23.0 Å². The molecule has 1 aliphatic heterocycles. The molecule has 0 radical (unpaired) electrons. The standard InChI is InChI=1S/C24H25F2N3O4/c1-14(27-15(2)30)16-6-7-21-22(8-16)33-23(28-21)29-11-20(12-29)32-19-5-3-4-18(9-19)31-13-17-10-24(17,25)26/h3-9,14,17,20H,10-13H2,1-2H3,(H,27,30)/t14?,17-/m1/s1. The number of ether oxygens (including phenoxy) is 2. The molecular weight excluding hydrogens is 432 g/mol. The van der Waals surface area contributed by atoms with Crippen LogP contribution in [0.2, 0.25) is 0 Å². The van der Waals surface area contributed by atoms with Gasteiger partial charge in [0.05, 0.1) is 31.7 Å². The molecule has 2 atom stereocenters. The molecule has 5 rings (SSSR count). The van der Waals surface area contributed by atoms with Gasteiger partial charge in [0.15, 0.2) is 5.58 Å². The summed E-state index contributed by atoms with van der Waals surface area (Å²) in [6, 6.07) is 13.2.